The predicted molar refractivity (Wildman–Crippen MR) is 75.5 cm³/mol. The van der Waals surface area contributed by atoms with Crippen LogP contribution in [0.5, 0.6) is 0 Å². The van der Waals surface area contributed by atoms with Crippen molar-refractivity contribution in [2.24, 2.45) is 5.92 Å². The van der Waals surface area contributed by atoms with Crippen molar-refractivity contribution in [1.82, 2.24) is 4.98 Å². The number of aromatic nitrogens is 1. The van der Waals surface area contributed by atoms with Gasteiger partial charge >= 0.3 is 0 Å². The van der Waals surface area contributed by atoms with E-state index < -0.39 is 4.92 Å². The van der Waals surface area contributed by atoms with Crippen molar-refractivity contribution in [3.63, 3.8) is 0 Å². The van der Waals surface area contributed by atoms with Crippen LogP contribution in [0.1, 0.15) is 32.6 Å². The molecule has 1 fully saturated rings. The third kappa shape index (κ3) is 4.39. The van der Waals surface area contributed by atoms with Crippen molar-refractivity contribution in [3.05, 3.63) is 22.2 Å². The van der Waals surface area contributed by atoms with Crippen LogP contribution in [0, 0.1) is 16.0 Å². The van der Waals surface area contributed by atoms with Crippen molar-refractivity contribution in [2.75, 3.05) is 23.7 Å². The van der Waals surface area contributed by atoms with Gasteiger partial charge in [-0.3, -0.25) is 10.1 Å². The topological polar surface area (TPSA) is 80.1 Å². The fraction of sp³-hybridized carbons (Fsp3) is 0.615. The molecule has 1 aromatic heterocycles. The number of anilines is 2. The largest absolute Gasteiger partial charge is 0.370 e. The molecule has 0 aromatic carbocycles. The van der Waals surface area contributed by atoms with Crippen LogP contribution < -0.4 is 10.6 Å². The maximum absolute atomic E-state index is 10.9. The van der Waals surface area contributed by atoms with Gasteiger partial charge < -0.3 is 10.6 Å². The quantitative estimate of drug-likeness (QED) is 0.428. The lowest BCUT2D eigenvalue weighted by atomic mass is 10.2. The molecule has 0 unspecified atom stereocenters. The van der Waals surface area contributed by atoms with E-state index in [0.29, 0.717) is 18.2 Å². The number of hydrogen-bond acceptors (Lipinski definition) is 5. The van der Waals surface area contributed by atoms with Gasteiger partial charge in [-0.1, -0.05) is 12.8 Å². The first kappa shape index (κ1) is 13.6. The van der Waals surface area contributed by atoms with Crippen molar-refractivity contribution in [3.8, 4) is 0 Å². The molecule has 6 nitrogen and oxygen atoms in total. The first-order chi connectivity index (χ1) is 9.19. The Hall–Kier alpha value is -1.85. The average molecular weight is 264 g/mol. The molecule has 1 aliphatic rings. The monoisotopic (exact) mass is 264 g/mol. The van der Waals surface area contributed by atoms with Gasteiger partial charge in [0, 0.05) is 13.1 Å². The molecule has 2 rings (SSSR count). The van der Waals surface area contributed by atoms with E-state index in [1.54, 1.807) is 0 Å². The summed E-state index contributed by atoms with van der Waals surface area (Å²) < 4.78 is 0. The minimum absolute atomic E-state index is 0.0654. The van der Waals surface area contributed by atoms with Crippen LogP contribution in [0.15, 0.2) is 12.1 Å². The molecule has 1 aliphatic carbocycles. The lowest BCUT2D eigenvalue weighted by Gasteiger charge is -2.08. The number of nitrogens with one attached hydrogen (secondary N) is 2. The molecule has 1 heterocycles. The Balaban J connectivity index is 1.94. The fourth-order valence-corrected chi connectivity index (χ4v) is 2.00. The van der Waals surface area contributed by atoms with Gasteiger partial charge in [0.1, 0.15) is 11.6 Å². The fourth-order valence-electron chi connectivity index (χ4n) is 2.00. The highest BCUT2D eigenvalue weighted by Gasteiger charge is 2.20. The van der Waals surface area contributed by atoms with E-state index in [0.717, 1.165) is 18.9 Å². The summed E-state index contributed by atoms with van der Waals surface area (Å²) in [5.74, 6) is 2.03. The van der Waals surface area contributed by atoms with Crippen molar-refractivity contribution < 1.29 is 4.92 Å². The molecular weight excluding hydrogens is 244 g/mol. The van der Waals surface area contributed by atoms with Gasteiger partial charge in [-0.05, 0) is 25.7 Å². The smallest absolute Gasteiger partial charge is 0.276 e. The second-order valence-electron chi connectivity index (χ2n) is 4.90. The Labute approximate surface area is 112 Å². The van der Waals surface area contributed by atoms with Gasteiger partial charge in [0.25, 0.3) is 5.69 Å². The van der Waals surface area contributed by atoms with Gasteiger partial charge in [0.05, 0.1) is 17.1 Å². The predicted octanol–water partition coefficient (Wildman–Crippen LogP) is 3.02. The summed E-state index contributed by atoms with van der Waals surface area (Å²) >= 11 is 0. The van der Waals surface area contributed by atoms with Gasteiger partial charge in [-0.25, -0.2) is 4.98 Å². The van der Waals surface area contributed by atoms with Gasteiger partial charge in [0.15, 0.2) is 0 Å². The van der Waals surface area contributed by atoms with Gasteiger partial charge in [-0.15, -0.1) is 0 Å². The van der Waals surface area contributed by atoms with Crippen LogP contribution in [-0.2, 0) is 0 Å². The Bertz CT molecular complexity index is 446. The van der Waals surface area contributed by atoms with Crippen molar-refractivity contribution in [2.45, 2.75) is 32.6 Å². The number of nitrogens with zero attached hydrogens (tertiary/aromatic N) is 2. The average Bonchev–Trinajstić information content (AvgIpc) is 3.19. The zero-order valence-electron chi connectivity index (χ0n) is 11.2. The Morgan fingerprint density at radius 1 is 1.37 bits per heavy atom. The van der Waals surface area contributed by atoms with Crippen molar-refractivity contribution >= 4 is 17.3 Å². The van der Waals surface area contributed by atoms with E-state index >= 15 is 0 Å². The molecule has 0 aliphatic heterocycles. The number of nitro groups is 1. The highest BCUT2D eigenvalue weighted by Crippen LogP contribution is 2.33. The van der Waals surface area contributed by atoms with Crippen LogP contribution in [0.3, 0.4) is 0 Å². The summed E-state index contributed by atoms with van der Waals surface area (Å²) in [7, 11) is 0. The molecule has 104 valence electrons. The van der Waals surface area contributed by atoms with E-state index in [4.69, 9.17) is 0 Å². The normalized spacial score (nSPS) is 14.2. The van der Waals surface area contributed by atoms with Crippen LogP contribution in [0.25, 0.3) is 0 Å². The molecule has 2 N–H and O–H groups in total. The van der Waals surface area contributed by atoms with Crippen LogP contribution in [0.4, 0.5) is 17.3 Å². The maximum atomic E-state index is 10.9. The molecule has 0 amide bonds. The van der Waals surface area contributed by atoms with Gasteiger partial charge in [-0.2, -0.15) is 0 Å². The third-order valence-electron chi connectivity index (χ3n) is 3.17. The maximum Gasteiger partial charge on any atom is 0.276 e. The SMILES string of the molecule is CCNc1cc([N+](=O)[O-])cc(NCCCC2CC2)n1. The lowest BCUT2D eigenvalue weighted by Crippen LogP contribution is -2.07. The van der Waals surface area contributed by atoms with E-state index in [2.05, 4.69) is 15.6 Å². The Kier molecular flexibility index (Phi) is 4.54. The summed E-state index contributed by atoms with van der Waals surface area (Å²) in [6.45, 7) is 3.44. The third-order valence-corrected chi connectivity index (χ3v) is 3.17. The molecular formula is C13H20N4O2. The molecule has 0 bridgehead atoms. The first-order valence-corrected chi connectivity index (χ1v) is 6.83. The minimum Gasteiger partial charge on any atom is -0.370 e. The van der Waals surface area contributed by atoms with Gasteiger partial charge in [0.2, 0.25) is 0 Å². The number of rotatable bonds is 8. The zero-order valence-corrected chi connectivity index (χ0v) is 11.2. The highest BCUT2D eigenvalue weighted by atomic mass is 16.6. The van der Waals surface area contributed by atoms with E-state index in [9.17, 15) is 10.1 Å². The van der Waals surface area contributed by atoms with E-state index in [1.165, 1.54) is 31.4 Å². The van der Waals surface area contributed by atoms with E-state index in [1.807, 2.05) is 6.92 Å². The summed E-state index contributed by atoms with van der Waals surface area (Å²) in [5, 5.41) is 17.0. The minimum atomic E-state index is -0.391. The molecule has 19 heavy (non-hydrogen) atoms. The molecule has 0 saturated heterocycles. The summed E-state index contributed by atoms with van der Waals surface area (Å²) in [5.41, 5.74) is 0.0654. The first-order valence-electron chi connectivity index (χ1n) is 6.83. The summed E-state index contributed by atoms with van der Waals surface area (Å²) in [4.78, 5) is 14.8. The second kappa shape index (κ2) is 6.36. The van der Waals surface area contributed by atoms with Crippen LogP contribution in [-0.4, -0.2) is 23.0 Å². The van der Waals surface area contributed by atoms with Crippen molar-refractivity contribution in [1.29, 1.82) is 0 Å². The molecule has 0 spiro atoms. The van der Waals surface area contributed by atoms with Crippen LogP contribution in [0.2, 0.25) is 0 Å². The molecule has 1 aromatic rings. The molecule has 0 atom stereocenters. The number of pyridine rings is 1. The van der Waals surface area contributed by atoms with Crippen LogP contribution >= 0.6 is 0 Å². The molecule has 1 saturated carbocycles. The van der Waals surface area contributed by atoms with E-state index in [-0.39, 0.29) is 5.69 Å². The zero-order chi connectivity index (χ0) is 13.7. The highest BCUT2D eigenvalue weighted by molar-refractivity contribution is 5.54. The molecule has 6 heteroatoms. The Morgan fingerprint density at radius 3 is 2.63 bits per heavy atom. The second-order valence-corrected chi connectivity index (χ2v) is 4.90. The lowest BCUT2D eigenvalue weighted by molar-refractivity contribution is -0.384. The number of hydrogen-bond donors (Lipinski definition) is 2. The molecule has 0 radical (unpaired) electrons. The standard InChI is InChI=1S/C13H20N4O2/c1-2-14-12-8-11(17(18)19)9-13(16-12)15-7-3-4-10-5-6-10/h8-10H,2-7H2,1H3,(H2,14,15,16). The Morgan fingerprint density at radius 2 is 2.05 bits per heavy atom. The summed E-state index contributed by atoms with van der Waals surface area (Å²) in [6.07, 6.45) is 5.05. The summed E-state index contributed by atoms with van der Waals surface area (Å²) in [6, 6.07) is 2.94.